The Bertz CT molecular complexity index is 2710. The van der Waals surface area contributed by atoms with E-state index in [-0.39, 0.29) is 26.8 Å². The Labute approximate surface area is 304 Å². The standard InChI is InChI=1S/C41H29N6OSi.Pt/c1-49(2,3)28-22-20-26(21-23-28)33-24-31-38(42-25-46-34-17-9-8-16-32(34)44-40(31)46)39(43-33)30-15-11-18-35-37(30)45-41(29-14-7-10-19-36(29)48)47(35)27-12-5-4-6-13-27;/h4-5,7-12,14-20,22-25,48H,1-3H3;/q-1;. The molecule has 5 aromatic carbocycles. The van der Waals surface area contributed by atoms with Gasteiger partial charge in [0.2, 0.25) is 0 Å². The summed E-state index contributed by atoms with van der Waals surface area (Å²) in [5.41, 5.74) is 9.49. The number of aromatic hydroxyl groups is 1. The molecule has 0 atom stereocenters. The molecule has 0 bridgehead atoms. The Balaban J connectivity index is 0.00000361. The van der Waals surface area contributed by atoms with Gasteiger partial charge < -0.3 is 5.11 Å². The third-order valence-corrected chi connectivity index (χ3v) is 11.1. The van der Waals surface area contributed by atoms with Crippen molar-refractivity contribution < 1.29 is 26.2 Å². The van der Waals surface area contributed by atoms with E-state index in [0.717, 1.165) is 61.1 Å². The molecule has 9 rings (SSSR count). The van der Waals surface area contributed by atoms with Crippen LogP contribution >= 0.6 is 0 Å². The molecule has 4 aromatic heterocycles. The Morgan fingerprint density at radius 3 is 2.36 bits per heavy atom. The van der Waals surface area contributed by atoms with Gasteiger partial charge in [-0.25, -0.2) is 15.0 Å². The van der Waals surface area contributed by atoms with Crippen LogP contribution in [0.4, 0.5) is 0 Å². The van der Waals surface area contributed by atoms with E-state index in [1.54, 1.807) is 12.1 Å². The van der Waals surface area contributed by atoms with Gasteiger partial charge in [-0.15, -0.1) is 35.0 Å². The smallest absolute Gasteiger partial charge is 0.150 e. The van der Waals surface area contributed by atoms with Crippen LogP contribution in [0.5, 0.6) is 5.75 Å². The Hall–Kier alpha value is -5.61. The maximum Gasteiger partial charge on any atom is 0.150 e. The van der Waals surface area contributed by atoms with Gasteiger partial charge in [-0.2, -0.15) is 0 Å². The van der Waals surface area contributed by atoms with Gasteiger partial charge >= 0.3 is 0 Å². The fraction of sp³-hybridized carbons (Fsp3) is 0.0732. The predicted octanol–water partition coefficient (Wildman–Crippen LogP) is 8.42. The van der Waals surface area contributed by atoms with Crippen LogP contribution in [0.25, 0.3) is 78.2 Å². The van der Waals surface area contributed by atoms with E-state index in [0.29, 0.717) is 17.1 Å². The minimum atomic E-state index is -1.52. The van der Waals surface area contributed by atoms with E-state index >= 15 is 0 Å². The van der Waals surface area contributed by atoms with Gasteiger partial charge in [0.15, 0.2) is 0 Å². The topological polar surface area (TPSA) is 81.1 Å². The monoisotopic (exact) mass is 844 g/mol. The minimum absolute atomic E-state index is 0. The number of imidazole rings is 2. The first-order chi connectivity index (χ1) is 23.8. The van der Waals surface area contributed by atoms with Crippen molar-refractivity contribution in [2.24, 2.45) is 0 Å². The van der Waals surface area contributed by atoms with Crippen LogP contribution in [0.15, 0.2) is 116 Å². The molecule has 0 saturated heterocycles. The number of benzene rings is 4. The van der Waals surface area contributed by atoms with Gasteiger partial charge in [-0.3, -0.25) is 14.0 Å². The first-order valence-electron chi connectivity index (χ1n) is 16.1. The molecule has 7 nitrogen and oxygen atoms in total. The van der Waals surface area contributed by atoms with Crippen molar-refractivity contribution in [2.45, 2.75) is 19.6 Å². The molecule has 0 aliphatic carbocycles. The van der Waals surface area contributed by atoms with Crippen molar-refractivity contribution in [2.75, 3.05) is 0 Å². The largest absolute Gasteiger partial charge is 0.507 e. The van der Waals surface area contributed by atoms with Gasteiger partial charge in [-0.05, 0) is 54.2 Å². The summed E-state index contributed by atoms with van der Waals surface area (Å²) < 4.78 is 4.04. The number of phenols is 1. The van der Waals surface area contributed by atoms with E-state index in [2.05, 4.69) is 68.2 Å². The second-order valence-corrected chi connectivity index (χ2v) is 18.3. The molecule has 244 valence electrons. The molecule has 50 heavy (non-hydrogen) atoms. The summed E-state index contributed by atoms with van der Waals surface area (Å²) in [7, 11) is -1.52. The quantitative estimate of drug-likeness (QED) is 0.139. The van der Waals surface area contributed by atoms with Crippen LogP contribution in [0.1, 0.15) is 0 Å². The Kier molecular flexibility index (Phi) is 7.63. The minimum Gasteiger partial charge on any atom is -0.507 e. The van der Waals surface area contributed by atoms with Crippen LogP contribution in [0, 0.1) is 18.2 Å². The summed E-state index contributed by atoms with van der Waals surface area (Å²) in [6.07, 6.45) is 1.83. The zero-order chi connectivity index (χ0) is 33.3. The number of nitrogens with zero attached hydrogens (tertiary/aromatic N) is 6. The number of para-hydroxylation sites is 4. The zero-order valence-electron chi connectivity index (χ0n) is 27.4. The number of hydrogen-bond acceptors (Lipinski definition) is 5. The molecule has 0 saturated carbocycles. The maximum absolute atomic E-state index is 11.0. The summed E-state index contributed by atoms with van der Waals surface area (Å²) >= 11 is 0. The molecule has 9 aromatic rings. The normalized spacial score (nSPS) is 11.7. The Morgan fingerprint density at radius 2 is 1.58 bits per heavy atom. The Morgan fingerprint density at radius 1 is 0.780 bits per heavy atom. The summed E-state index contributed by atoms with van der Waals surface area (Å²) in [6.45, 7) is 7.01. The van der Waals surface area contributed by atoms with Crippen molar-refractivity contribution in [3.8, 4) is 45.3 Å². The molecular weight excluding hydrogens is 816 g/mol. The predicted molar refractivity (Wildman–Crippen MR) is 198 cm³/mol. The molecule has 0 amide bonds. The van der Waals surface area contributed by atoms with Gasteiger partial charge in [0.05, 0.1) is 39.0 Å². The van der Waals surface area contributed by atoms with Crippen LogP contribution in [-0.2, 0) is 21.1 Å². The SMILES string of the molecule is C[Si](C)(C)c1c[c-]c(-c2cc3c(ncn4c5ccccc5nc34)c(-c3cccc4c3nc(-c3ccccc3O)n4-c3c#cccc3)n2)cc1.[Pt]. The van der Waals surface area contributed by atoms with Gasteiger partial charge in [-0.1, -0.05) is 74.2 Å². The molecule has 4 heterocycles. The molecule has 0 aliphatic rings. The first kappa shape index (κ1) is 31.6. The zero-order valence-corrected chi connectivity index (χ0v) is 30.7. The van der Waals surface area contributed by atoms with Gasteiger partial charge in [0.1, 0.15) is 29.1 Å². The molecule has 0 fully saturated rings. The first-order valence-corrected chi connectivity index (χ1v) is 19.6. The number of rotatable bonds is 5. The van der Waals surface area contributed by atoms with Crippen molar-refractivity contribution in [3.63, 3.8) is 0 Å². The van der Waals surface area contributed by atoms with Crippen molar-refractivity contribution >= 4 is 51.9 Å². The van der Waals surface area contributed by atoms with Gasteiger partial charge in [0, 0.05) is 40.1 Å². The number of phenolic OH excluding ortho intramolecular Hbond substituents is 1. The van der Waals surface area contributed by atoms with Crippen LogP contribution in [0.2, 0.25) is 19.6 Å². The summed E-state index contributed by atoms with van der Waals surface area (Å²) in [5.74, 6) is 0.723. The van der Waals surface area contributed by atoms with Crippen molar-refractivity contribution in [3.05, 3.63) is 134 Å². The summed E-state index contributed by atoms with van der Waals surface area (Å²) in [5, 5.41) is 13.2. The van der Waals surface area contributed by atoms with E-state index in [1.165, 1.54) is 5.19 Å². The molecule has 9 heteroatoms. The van der Waals surface area contributed by atoms with E-state index in [4.69, 9.17) is 19.9 Å². The fourth-order valence-corrected chi connectivity index (χ4v) is 7.62. The summed E-state index contributed by atoms with van der Waals surface area (Å²) in [4.78, 5) is 20.6. The number of hydrogen-bond donors (Lipinski definition) is 1. The molecular formula is C41H29N6OPtSi-. The van der Waals surface area contributed by atoms with Crippen LogP contribution in [0.3, 0.4) is 0 Å². The average molecular weight is 845 g/mol. The molecule has 1 N–H and O–H groups in total. The number of pyridine rings is 1. The summed E-state index contributed by atoms with van der Waals surface area (Å²) in [6, 6.07) is 45.5. The van der Waals surface area contributed by atoms with Crippen molar-refractivity contribution in [1.29, 1.82) is 0 Å². The third-order valence-electron chi connectivity index (χ3n) is 9.05. The molecule has 0 unspecified atom stereocenters. The van der Waals surface area contributed by atoms with E-state index in [1.807, 2.05) is 82.0 Å². The van der Waals surface area contributed by atoms with E-state index < -0.39 is 8.07 Å². The fourth-order valence-electron chi connectivity index (χ4n) is 6.54. The van der Waals surface area contributed by atoms with Crippen molar-refractivity contribution in [1.82, 2.24) is 28.9 Å². The second-order valence-electron chi connectivity index (χ2n) is 13.2. The third kappa shape index (κ3) is 5.09. The second kappa shape index (κ2) is 12.1. The number of aromatic nitrogens is 6. The molecule has 0 radical (unpaired) electrons. The van der Waals surface area contributed by atoms with Gasteiger partial charge in [0.25, 0.3) is 0 Å². The molecule has 0 spiro atoms. The average Bonchev–Trinajstić information content (AvgIpc) is 3.71. The maximum atomic E-state index is 11.0. The van der Waals surface area contributed by atoms with E-state index in [9.17, 15) is 5.11 Å². The van der Waals surface area contributed by atoms with Crippen LogP contribution in [-0.4, -0.2) is 42.1 Å². The van der Waals surface area contributed by atoms with Crippen LogP contribution < -0.4 is 5.19 Å². The molecule has 0 aliphatic heterocycles. The number of fused-ring (bicyclic) bond motifs is 6.